The van der Waals surface area contributed by atoms with Gasteiger partial charge in [-0.2, -0.15) is 0 Å². The van der Waals surface area contributed by atoms with Crippen LogP contribution in [0.3, 0.4) is 0 Å². The van der Waals surface area contributed by atoms with Crippen molar-refractivity contribution in [3.05, 3.63) is 29.0 Å². The molecule has 102 valence electrons. The van der Waals surface area contributed by atoms with E-state index >= 15 is 0 Å². The van der Waals surface area contributed by atoms with Crippen molar-refractivity contribution in [1.82, 2.24) is 14.8 Å². The number of aromatic nitrogens is 1. The van der Waals surface area contributed by atoms with Crippen molar-refractivity contribution in [3.8, 4) is 0 Å². The molecule has 1 amide bonds. The van der Waals surface area contributed by atoms with E-state index in [0.717, 1.165) is 25.7 Å². The summed E-state index contributed by atoms with van der Waals surface area (Å²) in [6.07, 6.45) is 5.78. The summed E-state index contributed by atoms with van der Waals surface area (Å²) in [7, 11) is 0. The maximum Gasteiger partial charge on any atom is 0.255 e. The maximum absolute atomic E-state index is 12.5. The van der Waals surface area contributed by atoms with Crippen LogP contribution in [0, 0.1) is 0 Å². The lowest BCUT2D eigenvalue weighted by Gasteiger charge is -2.40. The number of piperazine rings is 1. The Balaban J connectivity index is 1.72. The highest BCUT2D eigenvalue weighted by molar-refractivity contribution is 6.33. The molecule has 19 heavy (non-hydrogen) atoms. The zero-order chi connectivity index (χ0) is 13.4. The molecule has 2 aliphatic rings. The molecule has 1 aliphatic heterocycles. The van der Waals surface area contributed by atoms with Gasteiger partial charge >= 0.3 is 0 Å². The molecule has 0 radical (unpaired) electrons. The highest BCUT2D eigenvalue weighted by atomic mass is 35.5. The van der Waals surface area contributed by atoms with Gasteiger partial charge in [-0.3, -0.25) is 14.7 Å². The minimum atomic E-state index is 0.0235. The molecule has 0 spiro atoms. The van der Waals surface area contributed by atoms with E-state index in [1.54, 1.807) is 12.3 Å². The third kappa shape index (κ3) is 2.60. The summed E-state index contributed by atoms with van der Waals surface area (Å²) < 4.78 is 0. The van der Waals surface area contributed by atoms with Gasteiger partial charge < -0.3 is 4.90 Å². The molecule has 1 aliphatic carbocycles. The van der Waals surface area contributed by atoms with E-state index in [1.807, 2.05) is 4.90 Å². The third-order valence-corrected chi connectivity index (χ3v) is 4.29. The van der Waals surface area contributed by atoms with Gasteiger partial charge in [-0.05, 0) is 25.8 Å². The van der Waals surface area contributed by atoms with Crippen LogP contribution in [-0.4, -0.2) is 52.4 Å². The van der Waals surface area contributed by atoms with Crippen molar-refractivity contribution >= 4 is 17.5 Å². The molecule has 0 N–H and O–H groups in total. The molecule has 5 heteroatoms. The van der Waals surface area contributed by atoms with Gasteiger partial charge in [0.1, 0.15) is 0 Å². The average Bonchev–Trinajstić information content (AvgIpc) is 3.23. The predicted molar refractivity (Wildman–Crippen MR) is 74.3 cm³/mol. The van der Waals surface area contributed by atoms with Crippen LogP contribution >= 0.6 is 11.6 Å². The van der Waals surface area contributed by atoms with Crippen LogP contribution in [0.4, 0.5) is 0 Å². The topological polar surface area (TPSA) is 36.4 Å². The van der Waals surface area contributed by atoms with E-state index in [9.17, 15) is 4.79 Å². The monoisotopic (exact) mass is 279 g/mol. The lowest BCUT2D eigenvalue weighted by molar-refractivity contribution is 0.0474. The molecule has 1 saturated carbocycles. The Hall–Kier alpha value is -1.13. The second-order valence-corrected chi connectivity index (χ2v) is 5.84. The summed E-state index contributed by atoms with van der Waals surface area (Å²) in [5.74, 6) is 0.0235. The zero-order valence-electron chi connectivity index (χ0n) is 11.1. The van der Waals surface area contributed by atoms with Crippen LogP contribution in [0.25, 0.3) is 0 Å². The molecule has 0 aromatic carbocycles. The Labute approximate surface area is 118 Å². The SMILES string of the molecule is CC1CN(C2CC2)CCN1C(=O)c1ccncc1Cl. The van der Waals surface area contributed by atoms with E-state index < -0.39 is 0 Å². The Morgan fingerprint density at radius 3 is 2.84 bits per heavy atom. The average molecular weight is 280 g/mol. The summed E-state index contributed by atoms with van der Waals surface area (Å²) >= 11 is 6.05. The fourth-order valence-corrected chi connectivity index (χ4v) is 2.96. The molecule has 2 heterocycles. The molecule has 1 aromatic rings. The van der Waals surface area contributed by atoms with Gasteiger partial charge in [-0.25, -0.2) is 0 Å². The normalized spacial score (nSPS) is 24.5. The largest absolute Gasteiger partial charge is 0.333 e. The molecule has 1 atom stereocenters. The first-order valence-corrected chi connectivity index (χ1v) is 7.19. The standard InChI is InChI=1S/C14H18ClN3O/c1-10-9-17(11-2-3-11)6-7-18(10)14(19)12-4-5-16-8-13(12)15/h4-5,8,10-11H,2-3,6-7,9H2,1H3. The van der Waals surface area contributed by atoms with Gasteiger partial charge in [0.2, 0.25) is 0 Å². The number of nitrogens with zero attached hydrogens (tertiary/aromatic N) is 3. The number of hydrogen-bond donors (Lipinski definition) is 0. The van der Waals surface area contributed by atoms with Crippen LogP contribution in [-0.2, 0) is 0 Å². The van der Waals surface area contributed by atoms with Crippen molar-refractivity contribution in [1.29, 1.82) is 0 Å². The minimum absolute atomic E-state index is 0.0235. The summed E-state index contributed by atoms with van der Waals surface area (Å²) in [5, 5.41) is 0.435. The highest BCUT2D eigenvalue weighted by Crippen LogP contribution is 2.29. The van der Waals surface area contributed by atoms with Crippen molar-refractivity contribution in [2.24, 2.45) is 0 Å². The minimum Gasteiger partial charge on any atom is -0.333 e. The van der Waals surface area contributed by atoms with Gasteiger partial charge in [0.15, 0.2) is 0 Å². The van der Waals surface area contributed by atoms with Crippen molar-refractivity contribution in [2.45, 2.75) is 31.8 Å². The summed E-state index contributed by atoms with van der Waals surface area (Å²) in [6.45, 7) is 4.85. The highest BCUT2D eigenvalue weighted by Gasteiger charge is 2.35. The van der Waals surface area contributed by atoms with Crippen LogP contribution in [0.2, 0.25) is 5.02 Å². The molecule has 3 rings (SSSR count). The Morgan fingerprint density at radius 1 is 1.42 bits per heavy atom. The molecule has 0 bridgehead atoms. The number of pyridine rings is 1. The lowest BCUT2D eigenvalue weighted by atomic mass is 10.1. The van der Waals surface area contributed by atoms with Crippen LogP contribution in [0.15, 0.2) is 18.5 Å². The fourth-order valence-electron chi connectivity index (χ4n) is 2.76. The Kier molecular flexibility index (Phi) is 3.46. The maximum atomic E-state index is 12.5. The molecule has 2 fully saturated rings. The second-order valence-electron chi connectivity index (χ2n) is 5.43. The zero-order valence-corrected chi connectivity index (χ0v) is 11.8. The summed E-state index contributed by atoms with van der Waals surface area (Å²) in [6, 6.07) is 2.71. The Bertz CT molecular complexity index is 489. The van der Waals surface area contributed by atoms with Crippen molar-refractivity contribution in [3.63, 3.8) is 0 Å². The Morgan fingerprint density at radius 2 is 2.21 bits per heavy atom. The van der Waals surface area contributed by atoms with E-state index in [0.29, 0.717) is 10.6 Å². The fraction of sp³-hybridized carbons (Fsp3) is 0.571. The summed E-state index contributed by atoms with van der Waals surface area (Å²) in [5.41, 5.74) is 0.559. The first-order valence-electron chi connectivity index (χ1n) is 6.81. The molecule has 1 aromatic heterocycles. The van der Waals surface area contributed by atoms with Crippen molar-refractivity contribution in [2.75, 3.05) is 19.6 Å². The van der Waals surface area contributed by atoms with E-state index in [1.165, 1.54) is 19.0 Å². The molecular formula is C14H18ClN3O. The van der Waals surface area contributed by atoms with Crippen LogP contribution in [0.1, 0.15) is 30.1 Å². The number of halogens is 1. The predicted octanol–water partition coefficient (Wildman–Crippen LogP) is 2.04. The number of rotatable bonds is 2. The van der Waals surface area contributed by atoms with Gasteiger partial charge in [-0.15, -0.1) is 0 Å². The smallest absolute Gasteiger partial charge is 0.255 e. The van der Waals surface area contributed by atoms with Gasteiger partial charge in [-0.1, -0.05) is 11.6 Å². The molecule has 4 nitrogen and oxygen atoms in total. The van der Waals surface area contributed by atoms with Crippen LogP contribution < -0.4 is 0 Å². The quantitative estimate of drug-likeness (QED) is 0.831. The van der Waals surface area contributed by atoms with Crippen molar-refractivity contribution < 1.29 is 4.79 Å². The first kappa shape index (κ1) is 12.9. The van der Waals surface area contributed by atoms with Gasteiger partial charge in [0.25, 0.3) is 5.91 Å². The first-order chi connectivity index (χ1) is 9.16. The number of carbonyl (C=O) groups excluding carboxylic acids is 1. The second kappa shape index (κ2) is 5.10. The van der Waals surface area contributed by atoms with Gasteiger partial charge in [0.05, 0.1) is 10.6 Å². The van der Waals surface area contributed by atoms with E-state index in [-0.39, 0.29) is 11.9 Å². The molecule has 1 saturated heterocycles. The number of hydrogen-bond acceptors (Lipinski definition) is 3. The number of carbonyl (C=O) groups is 1. The van der Waals surface area contributed by atoms with E-state index in [4.69, 9.17) is 11.6 Å². The number of amides is 1. The third-order valence-electron chi connectivity index (χ3n) is 3.99. The molecule has 1 unspecified atom stereocenters. The summed E-state index contributed by atoms with van der Waals surface area (Å²) in [4.78, 5) is 20.9. The van der Waals surface area contributed by atoms with Gasteiger partial charge in [0, 0.05) is 44.1 Å². The van der Waals surface area contributed by atoms with E-state index in [2.05, 4.69) is 16.8 Å². The molecular weight excluding hydrogens is 262 g/mol. The lowest BCUT2D eigenvalue weighted by Crippen LogP contribution is -2.54. The van der Waals surface area contributed by atoms with Crippen LogP contribution in [0.5, 0.6) is 0 Å².